The number of aliphatic hydroxyl groups is 1. The number of hydrogen-bond donors (Lipinski definition) is 1. The molecule has 1 fully saturated rings. The summed E-state index contributed by atoms with van der Waals surface area (Å²) < 4.78 is 0. The average molecular weight is 273 g/mol. The van der Waals surface area contributed by atoms with Crippen molar-refractivity contribution in [3.8, 4) is 11.1 Å². The molecule has 1 aliphatic rings. The normalized spacial score (nSPS) is 19.1. The fraction of sp³-hybridized carbons (Fsp3) is 0.267. The zero-order chi connectivity index (χ0) is 13.2. The van der Waals surface area contributed by atoms with Crippen LogP contribution in [0.3, 0.4) is 0 Å². The first kappa shape index (κ1) is 12.4. The minimum absolute atomic E-state index is 0.0669. The summed E-state index contributed by atoms with van der Waals surface area (Å²) in [5, 5.41) is 13.3. The summed E-state index contributed by atoms with van der Waals surface area (Å²) in [7, 11) is 0. The third kappa shape index (κ3) is 2.41. The van der Waals surface area contributed by atoms with E-state index in [2.05, 4.69) is 17.5 Å². The molecular weight excluding hydrogens is 258 g/mol. The van der Waals surface area contributed by atoms with E-state index in [1.807, 2.05) is 23.6 Å². The van der Waals surface area contributed by atoms with Crippen molar-refractivity contribution < 1.29 is 9.90 Å². The summed E-state index contributed by atoms with van der Waals surface area (Å²) >= 11 is 1.66. The molecule has 1 aliphatic heterocycles. The summed E-state index contributed by atoms with van der Waals surface area (Å²) in [4.78, 5) is 13.7. The van der Waals surface area contributed by atoms with Crippen LogP contribution in [-0.2, 0) is 4.79 Å². The summed E-state index contributed by atoms with van der Waals surface area (Å²) in [5.74, 6) is 0.166. The molecule has 1 atom stereocenters. The summed E-state index contributed by atoms with van der Waals surface area (Å²) in [5.41, 5.74) is 3.22. The molecule has 1 unspecified atom stereocenters. The molecule has 0 saturated carbocycles. The Morgan fingerprint density at radius 2 is 2.21 bits per heavy atom. The molecule has 98 valence electrons. The van der Waals surface area contributed by atoms with Gasteiger partial charge in [-0.05, 0) is 40.1 Å². The predicted octanol–water partition coefficient (Wildman–Crippen LogP) is 2.76. The Kier molecular flexibility index (Phi) is 3.36. The van der Waals surface area contributed by atoms with Gasteiger partial charge in [0.15, 0.2) is 0 Å². The second-order valence-electron chi connectivity index (χ2n) is 4.82. The van der Waals surface area contributed by atoms with Crippen molar-refractivity contribution in [2.75, 3.05) is 18.1 Å². The number of rotatable bonds is 3. The first-order valence-corrected chi connectivity index (χ1v) is 7.26. The minimum Gasteiger partial charge on any atom is -0.396 e. The highest BCUT2D eigenvalue weighted by atomic mass is 32.1. The van der Waals surface area contributed by atoms with E-state index < -0.39 is 0 Å². The molecular formula is C15H15NO2S. The first-order chi connectivity index (χ1) is 9.28. The fourth-order valence-electron chi connectivity index (χ4n) is 2.44. The smallest absolute Gasteiger partial charge is 0.227 e. The number of carbonyl (C=O) groups is 1. The lowest BCUT2D eigenvalue weighted by molar-refractivity contribution is -0.117. The molecule has 1 aromatic carbocycles. The Hall–Kier alpha value is -1.65. The minimum atomic E-state index is 0.0669. The van der Waals surface area contributed by atoms with Gasteiger partial charge in [0.2, 0.25) is 5.91 Å². The van der Waals surface area contributed by atoms with Gasteiger partial charge in [-0.25, -0.2) is 0 Å². The van der Waals surface area contributed by atoms with E-state index in [1.165, 1.54) is 5.56 Å². The maximum Gasteiger partial charge on any atom is 0.227 e. The Balaban J connectivity index is 1.90. The van der Waals surface area contributed by atoms with Crippen LogP contribution < -0.4 is 4.90 Å². The van der Waals surface area contributed by atoms with Crippen molar-refractivity contribution in [1.82, 2.24) is 0 Å². The van der Waals surface area contributed by atoms with E-state index in [0.717, 1.165) is 11.3 Å². The van der Waals surface area contributed by atoms with Crippen LogP contribution in [0.15, 0.2) is 41.1 Å². The van der Waals surface area contributed by atoms with Crippen LogP contribution in [0.25, 0.3) is 11.1 Å². The molecule has 1 N–H and O–H groups in total. The second kappa shape index (κ2) is 5.15. The number of nitrogens with zero attached hydrogens (tertiary/aromatic N) is 1. The van der Waals surface area contributed by atoms with Crippen molar-refractivity contribution in [3.63, 3.8) is 0 Å². The van der Waals surface area contributed by atoms with Crippen LogP contribution >= 0.6 is 11.3 Å². The number of aliphatic hydroxyl groups excluding tert-OH is 1. The third-order valence-corrected chi connectivity index (χ3v) is 4.16. The van der Waals surface area contributed by atoms with E-state index in [9.17, 15) is 9.90 Å². The van der Waals surface area contributed by atoms with Crippen LogP contribution in [-0.4, -0.2) is 24.2 Å². The van der Waals surface area contributed by atoms with E-state index >= 15 is 0 Å². The van der Waals surface area contributed by atoms with Gasteiger partial charge in [0.1, 0.15) is 0 Å². The van der Waals surface area contributed by atoms with Crippen LogP contribution in [0.5, 0.6) is 0 Å². The molecule has 1 saturated heterocycles. The predicted molar refractivity (Wildman–Crippen MR) is 77.3 cm³/mol. The van der Waals surface area contributed by atoms with Gasteiger partial charge < -0.3 is 10.0 Å². The molecule has 2 heterocycles. The molecule has 3 rings (SSSR count). The van der Waals surface area contributed by atoms with Gasteiger partial charge in [-0.2, -0.15) is 11.3 Å². The fourth-order valence-corrected chi connectivity index (χ4v) is 3.10. The number of anilines is 1. The summed E-state index contributed by atoms with van der Waals surface area (Å²) in [6.07, 6.45) is 0.444. The Labute approximate surface area is 116 Å². The quantitative estimate of drug-likeness (QED) is 0.934. The Bertz CT molecular complexity index is 580. The highest BCUT2D eigenvalue weighted by molar-refractivity contribution is 7.08. The Morgan fingerprint density at radius 1 is 1.32 bits per heavy atom. The van der Waals surface area contributed by atoms with Crippen molar-refractivity contribution >= 4 is 22.9 Å². The lowest BCUT2D eigenvalue weighted by Crippen LogP contribution is -2.24. The van der Waals surface area contributed by atoms with Crippen LogP contribution in [0, 0.1) is 5.92 Å². The molecule has 3 nitrogen and oxygen atoms in total. The molecule has 19 heavy (non-hydrogen) atoms. The third-order valence-electron chi connectivity index (χ3n) is 3.48. The van der Waals surface area contributed by atoms with E-state index in [4.69, 9.17) is 0 Å². The lowest BCUT2D eigenvalue weighted by Gasteiger charge is -2.17. The van der Waals surface area contributed by atoms with Crippen molar-refractivity contribution in [3.05, 3.63) is 41.1 Å². The van der Waals surface area contributed by atoms with Crippen molar-refractivity contribution in [1.29, 1.82) is 0 Å². The highest BCUT2D eigenvalue weighted by Crippen LogP contribution is 2.29. The average Bonchev–Trinajstić information content (AvgIpc) is 3.08. The molecule has 4 heteroatoms. The van der Waals surface area contributed by atoms with Gasteiger partial charge in [0, 0.05) is 31.2 Å². The number of thiophene rings is 1. The van der Waals surface area contributed by atoms with Gasteiger partial charge in [-0.3, -0.25) is 4.79 Å². The van der Waals surface area contributed by atoms with E-state index in [0.29, 0.717) is 13.0 Å². The SMILES string of the molecule is O=C1CC(CO)CN1c1cccc(-c2ccsc2)c1. The van der Waals surface area contributed by atoms with Crippen LogP contribution in [0.2, 0.25) is 0 Å². The molecule has 0 spiro atoms. The van der Waals surface area contributed by atoms with Gasteiger partial charge in [0.05, 0.1) is 0 Å². The topological polar surface area (TPSA) is 40.5 Å². The van der Waals surface area contributed by atoms with Gasteiger partial charge in [0.25, 0.3) is 0 Å². The monoisotopic (exact) mass is 273 g/mol. The van der Waals surface area contributed by atoms with Gasteiger partial charge in [-0.15, -0.1) is 0 Å². The highest BCUT2D eigenvalue weighted by Gasteiger charge is 2.30. The Morgan fingerprint density at radius 3 is 2.89 bits per heavy atom. The van der Waals surface area contributed by atoms with E-state index in [-0.39, 0.29) is 18.4 Å². The number of benzene rings is 1. The molecule has 1 aromatic heterocycles. The summed E-state index contributed by atoms with van der Waals surface area (Å²) in [6.45, 7) is 0.689. The number of amides is 1. The van der Waals surface area contributed by atoms with Crippen LogP contribution in [0.1, 0.15) is 6.42 Å². The van der Waals surface area contributed by atoms with Crippen LogP contribution in [0.4, 0.5) is 5.69 Å². The maximum absolute atomic E-state index is 12.0. The number of carbonyl (C=O) groups excluding carboxylic acids is 1. The second-order valence-corrected chi connectivity index (χ2v) is 5.60. The van der Waals surface area contributed by atoms with Gasteiger partial charge in [-0.1, -0.05) is 12.1 Å². The van der Waals surface area contributed by atoms with E-state index in [1.54, 1.807) is 16.2 Å². The molecule has 0 bridgehead atoms. The van der Waals surface area contributed by atoms with Crippen molar-refractivity contribution in [2.45, 2.75) is 6.42 Å². The maximum atomic E-state index is 12.0. The zero-order valence-electron chi connectivity index (χ0n) is 10.5. The largest absolute Gasteiger partial charge is 0.396 e. The molecule has 0 aliphatic carbocycles. The molecule has 0 radical (unpaired) electrons. The summed E-state index contributed by atoms with van der Waals surface area (Å²) in [6, 6.07) is 10.1. The zero-order valence-corrected chi connectivity index (χ0v) is 11.3. The first-order valence-electron chi connectivity index (χ1n) is 6.32. The van der Waals surface area contributed by atoms with Gasteiger partial charge >= 0.3 is 0 Å². The molecule has 1 amide bonds. The standard InChI is InChI=1S/C15H15NO2S/c17-9-11-6-15(18)16(8-11)14-3-1-2-12(7-14)13-4-5-19-10-13/h1-5,7,10-11,17H,6,8-9H2. The lowest BCUT2D eigenvalue weighted by atomic mass is 10.1. The van der Waals surface area contributed by atoms with Crippen molar-refractivity contribution in [2.24, 2.45) is 5.92 Å². The number of hydrogen-bond acceptors (Lipinski definition) is 3. The molecule has 2 aromatic rings.